The highest BCUT2D eigenvalue weighted by molar-refractivity contribution is 9.10. The second kappa shape index (κ2) is 3.79. The molecule has 0 aromatic heterocycles. The van der Waals surface area contributed by atoms with Gasteiger partial charge in [-0.15, -0.1) is 0 Å². The number of isocyanates is 1. The van der Waals surface area contributed by atoms with Crippen LogP contribution in [0, 0.1) is 19.7 Å². The zero-order valence-corrected chi connectivity index (χ0v) is 10.7. The summed E-state index contributed by atoms with van der Waals surface area (Å²) in [4.78, 5) is 14.2. The van der Waals surface area contributed by atoms with E-state index in [4.69, 9.17) is 0 Å². The smallest absolute Gasteiger partial charge is 0.211 e. The molecule has 4 heteroatoms. The molecule has 0 spiro atoms. The van der Waals surface area contributed by atoms with Crippen molar-refractivity contribution in [1.29, 1.82) is 0 Å². The van der Waals surface area contributed by atoms with Crippen LogP contribution in [-0.2, 0) is 10.3 Å². The molecule has 84 valence electrons. The largest absolute Gasteiger partial charge is 0.235 e. The van der Waals surface area contributed by atoms with Crippen LogP contribution in [-0.4, -0.2) is 6.08 Å². The average Bonchev–Trinajstić information content (AvgIpc) is 3.02. The van der Waals surface area contributed by atoms with E-state index in [0.29, 0.717) is 10.0 Å². The first-order valence-electron chi connectivity index (χ1n) is 5.06. The van der Waals surface area contributed by atoms with Crippen LogP contribution < -0.4 is 0 Å². The van der Waals surface area contributed by atoms with Crippen molar-refractivity contribution in [3.05, 3.63) is 33.0 Å². The number of aryl methyl sites for hydroxylation is 1. The summed E-state index contributed by atoms with van der Waals surface area (Å²) in [6, 6.07) is 1.90. The van der Waals surface area contributed by atoms with Crippen LogP contribution >= 0.6 is 15.9 Å². The maximum atomic E-state index is 13.9. The third-order valence-corrected chi connectivity index (χ3v) is 4.09. The van der Waals surface area contributed by atoms with Gasteiger partial charge in [0.2, 0.25) is 6.08 Å². The lowest BCUT2D eigenvalue weighted by molar-refractivity contribution is 0.554. The Kier molecular flexibility index (Phi) is 2.72. The summed E-state index contributed by atoms with van der Waals surface area (Å²) in [5.41, 5.74) is 1.70. The van der Waals surface area contributed by atoms with Crippen molar-refractivity contribution in [3.8, 4) is 0 Å². The molecule has 1 fully saturated rings. The highest BCUT2D eigenvalue weighted by Gasteiger charge is 2.46. The Balaban J connectivity index is 2.63. The Morgan fingerprint density at radius 3 is 2.62 bits per heavy atom. The fourth-order valence-corrected chi connectivity index (χ4v) is 2.39. The van der Waals surface area contributed by atoms with Crippen LogP contribution in [0.2, 0.25) is 0 Å². The molecule has 0 bridgehead atoms. The zero-order chi connectivity index (χ0) is 11.9. The lowest BCUT2D eigenvalue weighted by atomic mass is 9.97. The maximum Gasteiger partial charge on any atom is 0.235 e. The first-order valence-corrected chi connectivity index (χ1v) is 5.86. The van der Waals surface area contributed by atoms with Crippen LogP contribution in [0.5, 0.6) is 0 Å². The summed E-state index contributed by atoms with van der Waals surface area (Å²) in [5.74, 6) is -0.262. The molecule has 2 nitrogen and oxygen atoms in total. The third-order valence-electron chi connectivity index (χ3n) is 3.12. The number of carbonyl (C=O) groups excluding carboxylic acids is 1. The standard InChI is InChI=1S/C12H11BrFNO/c1-7-5-9(8(2)11(14)10(7)13)12(3-4-12)15-6-16/h5H,3-4H2,1-2H3. The van der Waals surface area contributed by atoms with Crippen molar-refractivity contribution in [2.75, 3.05) is 0 Å². The lowest BCUT2D eigenvalue weighted by Gasteiger charge is -2.15. The minimum Gasteiger partial charge on any atom is -0.211 e. The fraction of sp³-hybridized carbons (Fsp3) is 0.417. The molecule has 2 rings (SSSR count). The van der Waals surface area contributed by atoms with Gasteiger partial charge in [0.05, 0.1) is 10.0 Å². The van der Waals surface area contributed by atoms with Crippen LogP contribution in [0.15, 0.2) is 15.5 Å². The second-order valence-electron chi connectivity index (χ2n) is 4.23. The van der Waals surface area contributed by atoms with E-state index >= 15 is 0 Å². The molecular formula is C12H11BrFNO. The molecule has 1 aromatic rings. The quantitative estimate of drug-likeness (QED) is 0.603. The van der Waals surface area contributed by atoms with Crippen molar-refractivity contribution in [2.45, 2.75) is 32.2 Å². The van der Waals surface area contributed by atoms with E-state index in [0.717, 1.165) is 24.0 Å². The number of hydrogen-bond donors (Lipinski definition) is 0. The summed E-state index contributed by atoms with van der Waals surface area (Å²) in [6.45, 7) is 3.55. The highest BCUT2D eigenvalue weighted by atomic mass is 79.9. The van der Waals surface area contributed by atoms with Crippen LogP contribution in [0.3, 0.4) is 0 Å². The number of benzene rings is 1. The molecule has 1 saturated carbocycles. The Labute approximate surface area is 102 Å². The molecule has 1 aliphatic carbocycles. The van der Waals surface area contributed by atoms with Crippen LogP contribution in [0.4, 0.5) is 4.39 Å². The van der Waals surface area contributed by atoms with Gasteiger partial charge in [0, 0.05) is 0 Å². The van der Waals surface area contributed by atoms with Crippen molar-refractivity contribution in [2.24, 2.45) is 4.99 Å². The molecule has 0 amide bonds. The summed E-state index contributed by atoms with van der Waals surface area (Å²) in [7, 11) is 0. The summed E-state index contributed by atoms with van der Waals surface area (Å²) < 4.78 is 14.3. The summed E-state index contributed by atoms with van der Waals surface area (Å²) in [5, 5.41) is 0. The van der Waals surface area contributed by atoms with E-state index in [-0.39, 0.29) is 5.82 Å². The predicted molar refractivity (Wildman–Crippen MR) is 62.6 cm³/mol. The number of aliphatic imine (C=N–C) groups is 1. The minimum absolute atomic E-state index is 0.262. The number of hydrogen-bond acceptors (Lipinski definition) is 2. The molecule has 0 N–H and O–H groups in total. The highest BCUT2D eigenvalue weighted by Crippen LogP contribution is 2.51. The predicted octanol–water partition coefficient (Wildman–Crippen LogP) is 3.53. The molecule has 0 aliphatic heterocycles. The first-order chi connectivity index (χ1) is 7.52. The maximum absolute atomic E-state index is 13.9. The van der Waals surface area contributed by atoms with Gasteiger partial charge < -0.3 is 0 Å². The SMILES string of the molecule is Cc1cc(C2(N=C=O)CC2)c(C)c(F)c1Br. The molecular weight excluding hydrogens is 273 g/mol. The van der Waals surface area contributed by atoms with Gasteiger partial charge >= 0.3 is 0 Å². The molecule has 0 heterocycles. The Morgan fingerprint density at radius 2 is 2.12 bits per heavy atom. The Morgan fingerprint density at radius 1 is 1.50 bits per heavy atom. The van der Waals surface area contributed by atoms with E-state index in [9.17, 15) is 9.18 Å². The molecule has 1 aliphatic rings. The van der Waals surface area contributed by atoms with Crippen LogP contribution in [0.25, 0.3) is 0 Å². The van der Waals surface area contributed by atoms with E-state index < -0.39 is 5.54 Å². The molecule has 1 aromatic carbocycles. The normalized spacial score (nSPS) is 16.8. The topological polar surface area (TPSA) is 29.4 Å². The zero-order valence-electron chi connectivity index (χ0n) is 9.10. The molecule has 0 saturated heterocycles. The van der Waals surface area contributed by atoms with E-state index in [2.05, 4.69) is 20.9 Å². The lowest BCUT2D eigenvalue weighted by Crippen LogP contribution is -2.08. The molecule has 0 atom stereocenters. The van der Waals surface area contributed by atoms with Crippen molar-refractivity contribution in [3.63, 3.8) is 0 Å². The number of rotatable bonds is 2. The molecule has 0 unspecified atom stereocenters. The van der Waals surface area contributed by atoms with Gasteiger partial charge in [0.15, 0.2) is 0 Å². The van der Waals surface area contributed by atoms with Crippen molar-refractivity contribution < 1.29 is 9.18 Å². The van der Waals surface area contributed by atoms with Crippen LogP contribution in [0.1, 0.15) is 29.5 Å². The molecule has 0 radical (unpaired) electrons. The minimum atomic E-state index is -0.502. The Hall–Kier alpha value is -0.990. The van der Waals surface area contributed by atoms with Gasteiger partial charge in [-0.25, -0.2) is 9.18 Å². The average molecular weight is 284 g/mol. The van der Waals surface area contributed by atoms with E-state index in [1.165, 1.54) is 0 Å². The monoisotopic (exact) mass is 283 g/mol. The van der Waals surface area contributed by atoms with Gasteiger partial charge in [-0.3, -0.25) is 0 Å². The third kappa shape index (κ3) is 1.62. The van der Waals surface area contributed by atoms with Crippen molar-refractivity contribution >= 4 is 22.0 Å². The number of nitrogens with zero attached hydrogens (tertiary/aromatic N) is 1. The van der Waals surface area contributed by atoms with Gasteiger partial charge in [0.25, 0.3) is 0 Å². The Bertz CT molecular complexity index is 502. The van der Waals surface area contributed by atoms with Gasteiger partial charge in [-0.2, -0.15) is 4.99 Å². The van der Waals surface area contributed by atoms with Crippen molar-refractivity contribution in [1.82, 2.24) is 0 Å². The first kappa shape index (κ1) is 11.5. The van der Waals surface area contributed by atoms with Gasteiger partial charge in [-0.1, -0.05) is 6.07 Å². The van der Waals surface area contributed by atoms with Gasteiger partial charge in [-0.05, 0) is 59.3 Å². The molecule has 16 heavy (non-hydrogen) atoms. The van der Waals surface area contributed by atoms with E-state index in [1.54, 1.807) is 13.0 Å². The van der Waals surface area contributed by atoms with E-state index in [1.807, 2.05) is 13.0 Å². The summed E-state index contributed by atoms with van der Waals surface area (Å²) in [6.07, 6.45) is 3.18. The number of halogens is 2. The summed E-state index contributed by atoms with van der Waals surface area (Å²) >= 11 is 3.21. The fourth-order valence-electron chi connectivity index (χ4n) is 1.97. The van der Waals surface area contributed by atoms with Gasteiger partial charge in [0.1, 0.15) is 5.82 Å². The second-order valence-corrected chi connectivity index (χ2v) is 5.02.